The molecule has 12 heteroatoms. The van der Waals surface area contributed by atoms with Gasteiger partial charge >= 0.3 is 0 Å². The first-order valence-corrected chi connectivity index (χ1v) is 15.6. The molecular weight excluding hydrogens is 605 g/mol. The zero-order chi connectivity index (χ0) is 32.8. The highest BCUT2D eigenvalue weighted by Gasteiger charge is 2.26. The smallest absolute Gasteiger partial charge is 0.270 e. The highest BCUT2D eigenvalue weighted by molar-refractivity contribution is 5.96. The monoisotopic (exact) mass is 641 g/mol. The number of pyridine rings is 2. The van der Waals surface area contributed by atoms with Crippen molar-refractivity contribution in [1.82, 2.24) is 25.5 Å². The minimum absolute atomic E-state index is 0.0279. The molecule has 1 aliphatic carbocycles. The Hall–Kier alpha value is -5.07. The lowest BCUT2D eigenvalue weighted by molar-refractivity contribution is 0.0342. The van der Waals surface area contributed by atoms with Gasteiger partial charge in [0.05, 0.1) is 19.4 Å². The van der Waals surface area contributed by atoms with E-state index in [1.807, 2.05) is 24.3 Å². The number of aromatic nitrogens is 2. The number of phenols is 1. The van der Waals surface area contributed by atoms with Gasteiger partial charge in [0, 0.05) is 37.8 Å². The number of nitrogens with zero attached hydrogens (tertiary/aromatic N) is 3. The maximum Gasteiger partial charge on any atom is 0.270 e. The zero-order valence-corrected chi connectivity index (χ0v) is 25.7. The van der Waals surface area contributed by atoms with Crippen LogP contribution in [0.3, 0.4) is 0 Å². The molecule has 0 radical (unpaired) electrons. The number of ether oxygens (including phenoxy) is 2. The molecule has 6 rings (SSSR count). The first kappa shape index (κ1) is 31.9. The first-order chi connectivity index (χ1) is 22.8. The van der Waals surface area contributed by atoms with Crippen molar-refractivity contribution in [3.8, 4) is 34.4 Å². The fourth-order valence-electron chi connectivity index (χ4n) is 5.96. The molecule has 1 saturated carbocycles. The Morgan fingerprint density at radius 1 is 0.915 bits per heavy atom. The number of amides is 2. The van der Waals surface area contributed by atoms with Crippen LogP contribution in [0.2, 0.25) is 0 Å². The summed E-state index contributed by atoms with van der Waals surface area (Å²) in [5.74, 6) is -1.20. The highest BCUT2D eigenvalue weighted by atomic mass is 19.1. The van der Waals surface area contributed by atoms with E-state index in [-0.39, 0.29) is 46.8 Å². The molecule has 3 heterocycles. The molecule has 4 aromatic rings. The lowest BCUT2D eigenvalue weighted by atomic mass is 9.91. The summed E-state index contributed by atoms with van der Waals surface area (Å²) >= 11 is 0. The summed E-state index contributed by atoms with van der Waals surface area (Å²) in [6.07, 6.45) is 3.45. The van der Waals surface area contributed by atoms with E-state index in [4.69, 9.17) is 9.47 Å². The zero-order valence-electron chi connectivity index (χ0n) is 25.7. The number of halogens is 1. The molecule has 2 aromatic carbocycles. The molecular formula is C35H36FN5O6. The second kappa shape index (κ2) is 14.6. The van der Waals surface area contributed by atoms with E-state index in [2.05, 4.69) is 25.5 Å². The average Bonchev–Trinajstić information content (AvgIpc) is 3.07. The van der Waals surface area contributed by atoms with E-state index in [1.54, 1.807) is 24.3 Å². The average molecular weight is 642 g/mol. The summed E-state index contributed by atoms with van der Waals surface area (Å²) in [4.78, 5) is 36.1. The number of benzene rings is 2. The van der Waals surface area contributed by atoms with Gasteiger partial charge in [-0.15, -0.1) is 0 Å². The maximum atomic E-state index is 14.3. The van der Waals surface area contributed by atoms with E-state index < -0.39 is 11.7 Å². The molecule has 47 heavy (non-hydrogen) atoms. The SMILES string of the molecule is O=C(N[C@H]1CC[C@@H](NC(=O)c2cc(F)cnc2Oc2cccc(-c3ccc(O)cc3CN3CCOCC3)c2)CC1)c1cccc(O)n1. The predicted octanol–water partition coefficient (Wildman–Crippen LogP) is 4.79. The summed E-state index contributed by atoms with van der Waals surface area (Å²) in [6, 6.07) is 17.9. The van der Waals surface area contributed by atoms with Gasteiger partial charge in [0.25, 0.3) is 11.8 Å². The van der Waals surface area contributed by atoms with Crippen LogP contribution in [-0.4, -0.2) is 75.3 Å². The normalized spacial score (nSPS) is 18.3. The standard InChI is InChI=1S/C35H36FN5O6/c36-24-19-30(33(44)38-25-7-9-26(10-8-25)39-34(45)31-5-2-6-32(43)40-31)35(37-20-24)47-28-4-1-3-22(18-28)29-12-11-27(42)17-23(29)21-41-13-15-46-16-14-41/h1-6,11-12,17-20,25-26,42H,7-10,13-16,21H2,(H,38,44)(H,39,45)(H,40,43)/t25-,26+. The largest absolute Gasteiger partial charge is 0.508 e. The van der Waals surface area contributed by atoms with E-state index in [0.29, 0.717) is 51.2 Å². The Kier molecular flexibility index (Phi) is 9.89. The van der Waals surface area contributed by atoms with Crippen molar-refractivity contribution >= 4 is 11.8 Å². The van der Waals surface area contributed by atoms with Gasteiger partial charge in [-0.1, -0.05) is 24.3 Å². The van der Waals surface area contributed by atoms with Gasteiger partial charge < -0.3 is 30.3 Å². The molecule has 0 unspecified atom stereocenters. The number of carbonyl (C=O) groups is 2. The molecule has 1 aliphatic heterocycles. The van der Waals surface area contributed by atoms with Crippen LogP contribution in [0.4, 0.5) is 4.39 Å². The number of hydrogen-bond acceptors (Lipinski definition) is 9. The predicted molar refractivity (Wildman–Crippen MR) is 171 cm³/mol. The molecule has 2 aliphatic rings. The Bertz CT molecular complexity index is 1740. The molecule has 2 amide bonds. The second-order valence-corrected chi connectivity index (χ2v) is 11.7. The topological polar surface area (TPSA) is 146 Å². The van der Waals surface area contributed by atoms with Gasteiger partial charge in [-0.05, 0) is 78.8 Å². The molecule has 0 atom stereocenters. The van der Waals surface area contributed by atoms with Gasteiger partial charge in [-0.25, -0.2) is 14.4 Å². The van der Waals surface area contributed by atoms with Crippen LogP contribution in [0.25, 0.3) is 11.1 Å². The fraction of sp³-hybridized carbons (Fsp3) is 0.314. The Morgan fingerprint density at radius 3 is 2.38 bits per heavy atom. The van der Waals surface area contributed by atoms with Gasteiger partial charge in [0.15, 0.2) is 0 Å². The number of morpholine rings is 1. The summed E-state index contributed by atoms with van der Waals surface area (Å²) in [7, 11) is 0. The van der Waals surface area contributed by atoms with Crippen molar-refractivity contribution < 1.29 is 33.7 Å². The molecule has 2 aromatic heterocycles. The van der Waals surface area contributed by atoms with Crippen molar-refractivity contribution in [1.29, 1.82) is 0 Å². The van der Waals surface area contributed by atoms with Crippen molar-refractivity contribution in [3.05, 3.63) is 95.6 Å². The van der Waals surface area contributed by atoms with Crippen molar-refractivity contribution in [2.45, 2.75) is 44.3 Å². The number of carbonyl (C=O) groups excluding carboxylic acids is 2. The molecule has 1 saturated heterocycles. The molecule has 2 fully saturated rings. The summed E-state index contributed by atoms with van der Waals surface area (Å²) in [5.41, 5.74) is 2.83. The van der Waals surface area contributed by atoms with Gasteiger partial charge in [0.1, 0.15) is 28.6 Å². The number of hydrogen-bond donors (Lipinski definition) is 4. The maximum absolute atomic E-state index is 14.3. The van der Waals surface area contributed by atoms with Crippen molar-refractivity contribution in [3.63, 3.8) is 0 Å². The summed E-state index contributed by atoms with van der Waals surface area (Å²) < 4.78 is 25.9. The Labute approximate surface area is 271 Å². The second-order valence-electron chi connectivity index (χ2n) is 11.7. The van der Waals surface area contributed by atoms with Crippen LogP contribution in [0, 0.1) is 5.82 Å². The van der Waals surface area contributed by atoms with Crippen molar-refractivity contribution in [2.75, 3.05) is 26.3 Å². The first-order valence-electron chi connectivity index (χ1n) is 15.6. The lowest BCUT2D eigenvalue weighted by Gasteiger charge is -2.29. The van der Waals surface area contributed by atoms with E-state index in [0.717, 1.165) is 42.0 Å². The van der Waals surface area contributed by atoms with Gasteiger partial charge in [-0.2, -0.15) is 0 Å². The summed E-state index contributed by atoms with van der Waals surface area (Å²) in [6.45, 7) is 3.57. The lowest BCUT2D eigenvalue weighted by Crippen LogP contribution is -2.44. The number of aromatic hydroxyl groups is 2. The molecule has 4 N–H and O–H groups in total. The van der Waals surface area contributed by atoms with Crippen LogP contribution in [-0.2, 0) is 11.3 Å². The van der Waals surface area contributed by atoms with E-state index in [1.165, 1.54) is 12.1 Å². The van der Waals surface area contributed by atoms with E-state index in [9.17, 15) is 24.2 Å². The van der Waals surface area contributed by atoms with Gasteiger partial charge in [0.2, 0.25) is 11.8 Å². The third-order valence-electron chi connectivity index (χ3n) is 8.37. The number of phenolic OH excluding ortho intramolecular Hbond substituents is 1. The van der Waals surface area contributed by atoms with Crippen LogP contribution in [0.1, 0.15) is 52.1 Å². The Balaban J connectivity index is 1.11. The quantitative estimate of drug-likeness (QED) is 0.203. The van der Waals surface area contributed by atoms with Crippen LogP contribution in [0.15, 0.2) is 72.9 Å². The molecule has 11 nitrogen and oxygen atoms in total. The van der Waals surface area contributed by atoms with Gasteiger partial charge in [-0.3, -0.25) is 14.5 Å². The van der Waals surface area contributed by atoms with Crippen LogP contribution in [0.5, 0.6) is 23.3 Å². The molecule has 244 valence electrons. The van der Waals surface area contributed by atoms with Crippen LogP contribution >= 0.6 is 0 Å². The molecule has 0 bridgehead atoms. The van der Waals surface area contributed by atoms with E-state index >= 15 is 0 Å². The fourth-order valence-corrected chi connectivity index (χ4v) is 5.96. The third-order valence-corrected chi connectivity index (χ3v) is 8.37. The Morgan fingerprint density at radius 2 is 1.64 bits per heavy atom. The van der Waals surface area contributed by atoms with Crippen LogP contribution < -0.4 is 15.4 Å². The third kappa shape index (κ3) is 8.21. The number of rotatable bonds is 9. The minimum atomic E-state index is -0.667. The number of nitrogens with one attached hydrogen (secondary N) is 2. The molecule has 0 spiro atoms. The summed E-state index contributed by atoms with van der Waals surface area (Å²) in [5, 5.41) is 25.7. The highest BCUT2D eigenvalue weighted by Crippen LogP contribution is 2.33. The minimum Gasteiger partial charge on any atom is -0.508 e. The van der Waals surface area contributed by atoms with Crippen molar-refractivity contribution in [2.24, 2.45) is 0 Å².